The number of halogens is 1. The van der Waals surface area contributed by atoms with E-state index < -0.39 is 0 Å². The summed E-state index contributed by atoms with van der Waals surface area (Å²) < 4.78 is 1.97. The summed E-state index contributed by atoms with van der Waals surface area (Å²) in [7, 11) is 2.01. The molecule has 96 valence electrons. The minimum atomic E-state index is 0.738. The summed E-state index contributed by atoms with van der Waals surface area (Å²) in [6, 6.07) is 2.87. The number of alkyl halides is 1. The van der Waals surface area contributed by atoms with Crippen LogP contribution in [0.25, 0.3) is 0 Å². The average Bonchev–Trinajstić information content (AvgIpc) is 2.96. The summed E-state index contributed by atoms with van der Waals surface area (Å²) in [5.41, 5.74) is 1.31. The monoisotopic (exact) mass is 255 g/mol. The summed E-state index contributed by atoms with van der Waals surface area (Å²) in [5, 5.41) is 4.21. The van der Waals surface area contributed by atoms with Crippen LogP contribution in [0.1, 0.15) is 31.4 Å². The molecular formula is C13H22ClN3. The van der Waals surface area contributed by atoms with Crippen molar-refractivity contribution in [1.29, 1.82) is 0 Å². The van der Waals surface area contributed by atoms with E-state index in [1.54, 1.807) is 0 Å². The average molecular weight is 256 g/mol. The van der Waals surface area contributed by atoms with Crippen LogP contribution in [0.3, 0.4) is 0 Å². The van der Waals surface area contributed by atoms with Crippen molar-refractivity contribution in [3.63, 3.8) is 0 Å². The number of hydrogen-bond acceptors (Lipinski definition) is 2. The SMILES string of the molecule is Cn1nccc1CCN(CCCl)C1CCCC1. The second kappa shape index (κ2) is 6.41. The fourth-order valence-corrected chi connectivity index (χ4v) is 2.98. The van der Waals surface area contributed by atoms with Crippen LogP contribution in [0.2, 0.25) is 0 Å². The van der Waals surface area contributed by atoms with E-state index >= 15 is 0 Å². The van der Waals surface area contributed by atoms with Gasteiger partial charge in [0.1, 0.15) is 0 Å². The highest BCUT2D eigenvalue weighted by molar-refractivity contribution is 6.18. The third-order valence-corrected chi connectivity index (χ3v) is 3.96. The molecule has 1 fully saturated rings. The van der Waals surface area contributed by atoms with Crippen molar-refractivity contribution >= 4 is 11.6 Å². The maximum atomic E-state index is 5.91. The normalized spacial score (nSPS) is 17.1. The Morgan fingerprint density at radius 3 is 2.76 bits per heavy atom. The van der Waals surface area contributed by atoms with Gasteiger partial charge in [0, 0.05) is 50.4 Å². The summed E-state index contributed by atoms with van der Waals surface area (Å²) in [6.45, 7) is 2.13. The molecule has 0 aromatic carbocycles. The fraction of sp³-hybridized carbons (Fsp3) is 0.769. The topological polar surface area (TPSA) is 21.1 Å². The van der Waals surface area contributed by atoms with Gasteiger partial charge >= 0.3 is 0 Å². The molecule has 0 radical (unpaired) electrons. The Morgan fingerprint density at radius 1 is 1.41 bits per heavy atom. The van der Waals surface area contributed by atoms with E-state index in [1.165, 1.54) is 31.4 Å². The smallest absolute Gasteiger partial charge is 0.0492 e. The number of aromatic nitrogens is 2. The standard InChI is InChI=1S/C13H22ClN3/c1-16-12(6-9-15-16)7-10-17(11-8-14)13-4-2-3-5-13/h6,9,13H,2-5,7-8,10-11H2,1H3. The molecule has 0 spiro atoms. The van der Waals surface area contributed by atoms with Crippen LogP contribution < -0.4 is 0 Å². The van der Waals surface area contributed by atoms with E-state index in [1.807, 2.05) is 17.9 Å². The molecule has 1 aromatic rings. The molecule has 0 atom stereocenters. The van der Waals surface area contributed by atoms with E-state index in [4.69, 9.17) is 11.6 Å². The predicted octanol–water partition coefficient (Wildman–Crippen LogP) is 2.45. The third-order valence-electron chi connectivity index (χ3n) is 3.79. The van der Waals surface area contributed by atoms with Crippen molar-refractivity contribution < 1.29 is 0 Å². The number of rotatable bonds is 6. The van der Waals surface area contributed by atoms with Crippen LogP contribution in [0.4, 0.5) is 0 Å². The lowest BCUT2D eigenvalue weighted by atomic mass is 10.2. The van der Waals surface area contributed by atoms with E-state index in [9.17, 15) is 0 Å². The molecule has 0 saturated heterocycles. The lowest BCUT2D eigenvalue weighted by molar-refractivity contribution is 0.211. The maximum Gasteiger partial charge on any atom is 0.0492 e. The first-order valence-corrected chi connectivity index (χ1v) is 7.11. The molecule has 0 unspecified atom stereocenters. The molecule has 1 aromatic heterocycles. The van der Waals surface area contributed by atoms with Crippen LogP contribution in [0.15, 0.2) is 12.3 Å². The Morgan fingerprint density at radius 2 is 2.18 bits per heavy atom. The van der Waals surface area contributed by atoms with Crippen LogP contribution in [-0.2, 0) is 13.5 Å². The van der Waals surface area contributed by atoms with Gasteiger partial charge in [-0.3, -0.25) is 9.58 Å². The number of nitrogens with zero attached hydrogens (tertiary/aromatic N) is 3. The minimum absolute atomic E-state index is 0.738. The second-order valence-corrected chi connectivity index (χ2v) is 5.24. The van der Waals surface area contributed by atoms with E-state index in [0.717, 1.165) is 31.4 Å². The van der Waals surface area contributed by atoms with Gasteiger partial charge in [0.2, 0.25) is 0 Å². The third kappa shape index (κ3) is 3.46. The quantitative estimate of drug-likeness (QED) is 0.728. The zero-order valence-electron chi connectivity index (χ0n) is 10.6. The van der Waals surface area contributed by atoms with Crippen molar-refractivity contribution in [2.45, 2.75) is 38.1 Å². The highest BCUT2D eigenvalue weighted by Gasteiger charge is 2.21. The lowest BCUT2D eigenvalue weighted by Gasteiger charge is -2.27. The van der Waals surface area contributed by atoms with E-state index in [2.05, 4.69) is 16.1 Å². The predicted molar refractivity (Wildman–Crippen MR) is 71.5 cm³/mol. The Hall–Kier alpha value is -0.540. The molecule has 1 saturated carbocycles. The first-order valence-electron chi connectivity index (χ1n) is 6.58. The molecule has 0 N–H and O–H groups in total. The molecule has 0 aliphatic heterocycles. The van der Waals surface area contributed by atoms with Crippen molar-refractivity contribution in [3.05, 3.63) is 18.0 Å². The van der Waals surface area contributed by atoms with Crippen LogP contribution >= 0.6 is 11.6 Å². The zero-order valence-corrected chi connectivity index (χ0v) is 11.4. The molecule has 0 amide bonds. The number of aryl methyl sites for hydroxylation is 1. The molecule has 3 nitrogen and oxygen atoms in total. The Labute approximate surface area is 109 Å². The second-order valence-electron chi connectivity index (χ2n) is 4.86. The molecule has 17 heavy (non-hydrogen) atoms. The van der Waals surface area contributed by atoms with Gasteiger partial charge < -0.3 is 0 Å². The first kappa shape index (κ1) is 12.9. The van der Waals surface area contributed by atoms with Gasteiger partial charge in [-0.15, -0.1) is 11.6 Å². The Balaban J connectivity index is 1.86. The van der Waals surface area contributed by atoms with Gasteiger partial charge in [0.05, 0.1) is 0 Å². The Bertz CT molecular complexity index is 331. The van der Waals surface area contributed by atoms with Gasteiger partial charge in [-0.1, -0.05) is 12.8 Å². The van der Waals surface area contributed by atoms with Crippen molar-refractivity contribution in [2.24, 2.45) is 7.05 Å². The van der Waals surface area contributed by atoms with Gasteiger partial charge in [-0.25, -0.2) is 0 Å². The van der Waals surface area contributed by atoms with E-state index in [-0.39, 0.29) is 0 Å². The largest absolute Gasteiger partial charge is 0.299 e. The van der Waals surface area contributed by atoms with Crippen LogP contribution in [0.5, 0.6) is 0 Å². The molecular weight excluding hydrogens is 234 g/mol. The number of hydrogen-bond donors (Lipinski definition) is 0. The van der Waals surface area contributed by atoms with Gasteiger partial charge in [-0.05, 0) is 18.9 Å². The highest BCUT2D eigenvalue weighted by atomic mass is 35.5. The van der Waals surface area contributed by atoms with Crippen molar-refractivity contribution in [1.82, 2.24) is 14.7 Å². The van der Waals surface area contributed by atoms with E-state index in [0.29, 0.717) is 0 Å². The van der Waals surface area contributed by atoms with Crippen molar-refractivity contribution in [3.8, 4) is 0 Å². The summed E-state index contributed by atoms with van der Waals surface area (Å²) >= 11 is 5.91. The zero-order chi connectivity index (χ0) is 12.1. The molecule has 2 rings (SSSR count). The first-order chi connectivity index (χ1) is 8.31. The fourth-order valence-electron chi connectivity index (χ4n) is 2.76. The van der Waals surface area contributed by atoms with Crippen molar-refractivity contribution in [2.75, 3.05) is 19.0 Å². The van der Waals surface area contributed by atoms with Gasteiger partial charge in [0.25, 0.3) is 0 Å². The lowest BCUT2D eigenvalue weighted by Crippen LogP contribution is -2.36. The van der Waals surface area contributed by atoms with Crippen LogP contribution in [0, 0.1) is 0 Å². The molecule has 1 heterocycles. The summed E-state index contributed by atoms with van der Waals surface area (Å²) in [5.74, 6) is 0.738. The van der Waals surface area contributed by atoms with Gasteiger partial charge in [0.15, 0.2) is 0 Å². The highest BCUT2D eigenvalue weighted by Crippen LogP contribution is 2.23. The summed E-state index contributed by atoms with van der Waals surface area (Å²) in [4.78, 5) is 2.56. The molecule has 1 aliphatic rings. The minimum Gasteiger partial charge on any atom is -0.299 e. The Kier molecular flexibility index (Phi) is 4.86. The molecule has 0 bridgehead atoms. The van der Waals surface area contributed by atoms with Crippen LogP contribution in [-0.4, -0.2) is 39.7 Å². The van der Waals surface area contributed by atoms with Gasteiger partial charge in [-0.2, -0.15) is 5.10 Å². The maximum absolute atomic E-state index is 5.91. The summed E-state index contributed by atoms with van der Waals surface area (Å²) in [6.07, 6.45) is 8.41. The molecule has 4 heteroatoms. The molecule has 1 aliphatic carbocycles.